The molecule has 0 radical (unpaired) electrons. The van der Waals surface area contributed by atoms with Crippen LogP contribution in [-0.4, -0.2) is 17.4 Å². The van der Waals surface area contributed by atoms with Gasteiger partial charge in [-0.3, -0.25) is 9.59 Å². The Morgan fingerprint density at radius 1 is 0.871 bits per heavy atom. The van der Waals surface area contributed by atoms with Crippen LogP contribution in [-0.2, 0) is 10.2 Å². The van der Waals surface area contributed by atoms with Gasteiger partial charge in [0, 0.05) is 23.4 Å². The lowest BCUT2D eigenvalue weighted by Gasteiger charge is -2.54. The average Bonchev–Trinajstić information content (AvgIpc) is 3.13. The zero-order valence-corrected chi connectivity index (χ0v) is 17.9. The molecule has 6 heteroatoms. The van der Waals surface area contributed by atoms with E-state index in [-0.39, 0.29) is 22.2 Å². The van der Waals surface area contributed by atoms with E-state index in [9.17, 15) is 9.59 Å². The highest BCUT2D eigenvalue weighted by atomic mass is 16.4. The molecule has 158 valence electrons. The number of carbonyl (C=O) groups excluding carboxylic acids is 1. The van der Waals surface area contributed by atoms with E-state index < -0.39 is 5.41 Å². The minimum Gasteiger partial charge on any atom is -0.456 e. The van der Waals surface area contributed by atoms with Gasteiger partial charge in [-0.1, -0.05) is 32.9 Å². The standard InChI is InChI=1S/C25H24N2O4/c1-23-10-24(2,21(29)26-13-23)12-25(3,11-23)22-27-16-8-15-18(9-19(16)31-22)30-17-7-5-4-6-14(17)20(15)28/h4-9H,10-13H2,1-3H3,(H,26,29)/t23-,24+,25-/m0/s1. The molecule has 3 heterocycles. The van der Waals surface area contributed by atoms with Crippen molar-refractivity contribution in [2.24, 2.45) is 10.8 Å². The van der Waals surface area contributed by atoms with E-state index in [0.29, 0.717) is 51.9 Å². The smallest absolute Gasteiger partial charge is 0.226 e. The Bertz CT molecular complexity index is 1470. The number of hydrogen-bond donors (Lipinski definition) is 1. The SMILES string of the molecule is C[C@]12CNC(=O)[C@](C)(C1)C[C@@](C)(c1nc3cc4c(=O)c5ccccc5oc4cc3o1)C2. The Hall–Kier alpha value is -3.15. The van der Waals surface area contributed by atoms with Gasteiger partial charge < -0.3 is 14.2 Å². The van der Waals surface area contributed by atoms with Gasteiger partial charge in [0.25, 0.3) is 0 Å². The number of aromatic nitrogens is 1. The molecule has 6 rings (SSSR count). The summed E-state index contributed by atoms with van der Waals surface area (Å²) in [5.74, 6) is 0.737. The number of carbonyl (C=O) groups is 1. The van der Waals surface area contributed by atoms with Crippen LogP contribution in [0.3, 0.4) is 0 Å². The van der Waals surface area contributed by atoms with Crippen LogP contribution in [0.4, 0.5) is 0 Å². The highest BCUT2D eigenvalue weighted by Gasteiger charge is 2.57. The first-order valence-electron chi connectivity index (χ1n) is 10.7. The zero-order valence-electron chi connectivity index (χ0n) is 17.9. The zero-order chi connectivity index (χ0) is 21.6. The van der Waals surface area contributed by atoms with Gasteiger partial charge in [-0.2, -0.15) is 0 Å². The maximum Gasteiger partial charge on any atom is 0.226 e. The van der Waals surface area contributed by atoms with Crippen LogP contribution in [0.25, 0.3) is 33.0 Å². The molecule has 1 aliphatic carbocycles. The van der Waals surface area contributed by atoms with Gasteiger partial charge in [0.1, 0.15) is 16.7 Å². The van der Waals surface area contributed by atoms with E-state index in [0.717, 1.165) is 12.8 Å². The molecule has 1 aliphatic heterocycles. The molecule has 3 atom stereocenters. The van der Waals surface area contributed by atoms with Crippen molar-refractivity contribution in [3.63, 3.8) is 0 Å². The van der Waals surface area contributed by atoms with Crippen molar-refractivity contribution in [3.05, 3.63) is 52.5 Å². The number of amides is 1. The highest BCUT2D eigenvalue weighted by molar-refractivity contribution is 5.96. The maximum absolute atomic E-state index is 13.0. The molecule has 6 nitrogen and oxygen atoms in total. The van der Waals surface area contributed by atoms with E-state index in [1.807, 2.05) is 19.1 Å². The number of benzene rings is 2. The Kier molecular flexibility index (Phi) is 3.45. The summed E-state index contributed by atoms with van der Waals surface area (Å²) in [5.41, 5.74) is 1.39. The molecule has 1 N–H and O–H groups in total. The summed E-state index contributed by atoms with van der Waals surface area (Å²) >= 11 is 0. The number of piperidine rings is 1. The van der Waals surface area contributed by atoms with Crippen molar-refractivity contribution in [2.45, 2.75) is 45.4 Å². The van der Waals surface area contributed by atoms with Crippen LogP contribution >= 0.6 is 0 Å². The van der Waals surface area contributed by atoms with Crippen LogP contribution in [0, 0.1) is 10.8 Å². The van der Waals surface area contributed by atoms with Crippen molar-refractivity contribution in [2.75, 3.05) is 6.54 Å². The van der Waals surface area contributed by atoms with Crippen LogP contribution in [0.5, 0.6) is 0 Å². The third-order valence-corrected chi connectivity index (χ3v) is 7.24. The van der Waals surface area contributed by atoms with Crippen molar-refractivity contribution in [1.82, 2.24) is 10.3 Å². The third-order valence-electron chi connectivity index (χ3n) is 7.24. The summed E-state index contributed by atoms with van der Waals surface area (Å²) in [4.78, 5) is 30.5. The molecule has 2 aromatic heterocycles. The molecule has 31 heavy (non-hydrogen) atoms. The molecule has 1 amide bonds. The lowest BCUT2D eigenvalue weighted by Crippen LogP contribution is -2.59. The molecular weight excluding hydrogens is 392 g/mol. The van der Waals surface area contributed by atoms with Gasteiger partial charge in [0.05, 0.1) is 10.8 Å². The predicted octanol–water partition coefficient (Wildman–Crippen LogP) is 4.67. The Balaban J connectivity index is 1.53. The second kappa shape index (κ2) is 5.75. The molecule has 1 saturated heterocycles. The van der Waals surface area contributed by atoms with Crippen LogP contribution < -0.4 is 10.7 Å². The topological polar surface area (TPSA) is 85.3 Å². The van der Waals surface area contributed by atoms with Crippen LogP contribution in [0.15, 0.2) is 50.0 Å². The first-order valence-corrected chi connectivity index (χ1v) is 10.7. The van der Waals surface area contributed by atoms with E-state index >= 15 is 0 Å². The molecular formula is C25H24N2O4. The normalized spacial score (nSPS) is 30.7. The third kappa shape index (κ3) is 2.60. The average molecular weight is 416 g/mol. The van der Waals surface area contributed by atoms with Gasteiger partial charge in [0.2, 0.25) is 17.2 Å². The number of oxazole rings is 1. The number of rotatable bonds is 1. The summed E-state index contributed by atoms with van der Waals surface area (Å²) in [6.07, 6.45) is 2.43. The van der Waals surface area contributed by atoms with Crippen molar-refractivity contribution in [1.29, 1.82) is 0 Å². The number of nitrogens with one attached hydrogen (secondary N) is 1. The molecule has 4 aromatic rings. The first-order chi connectivity index (χ1) is 14.7. The number of nitrogens with zero attached hydrogens (tertiary/aromatic N) is 1. The van der Waals surface area contributed by atoms with Gasteiger partial charge in [-0.25, -0.2) is 4.98 Å². The monoisotopic (exact) mass is 416 g/mol. The largest absolute Gasteiger partial charge is 0.456 e. The van der Waals surface area contributed by atoms with E-state index in [1.54, 1.807) is 24.3 Å². The van der Waals surface area contributed by atoms with Gasteiger partial charge in [-0.15, -0.1) is 0 Å². The van der Waals surface area contributed by atoms with E-state index in [2.05, 4.69) is 19.2 Å². The molecule has 0 unspecified atom stereocenters. The van der Waals surface area contributed by atoms with Crippen molar-refractivity contribution in [3.8, 4) is 0 Å². The fourth-order valence-electron chi connectivity index (χ4n) is 6.36. The number of fused-ring (bicyclic) bond motifs is 5. The first kappa shape index (κ1) is 18.6. The summed E-state index contributed by atoms with van der Waals surface area (Å²) in [5, 5.41) is 4.14. The summed E-state index contributed by atoms with van der Waals surface area (Å²) in [7, 11) is 0. The molecule has 2 fully saturated rings. The quantitative estimate of drug-likeness (QED) is 0.456. The van der Waals surface area contributed by atoms with Gasteiger partial charge in [-0.05, 0) is 42.9 Å². The summed E-state index contributed by atoms with van der Waals surface area (Å²) in [6.45, 7) is 7.09. The maximum atomic E-state index is 13.0. The summed E-state index contributed by atoms with van der Waals surface area (Å²) in [6, 6.07) is 10.8. The van der Waals surface area contributed by atoms with Gasteiger partial charge >= 0.3 is 0 Å². The lowest BCUT2D eigenvalue weighted by atomic mass is 9.52. The minimum absolute atomic E-state index is 0.00370. The van der Waals surface area contributed by atoms with Crippen LogP contribution in [0.2, 0.25) is 0 Å². The van der Waals surface area contributed by atoms with Gasteiger partial charge in [0.15, 0.2) is 5.58 Å². The lowest BCUT2D eigenvalue weighted by molar-refractivity contribution is -0.143. The molecule has 0 spiro atoms. The molecule has 2 bridgehead atoms. The molecule has 2 aromatic carbocycles. The van der Waals surface area contributed by atoms with E-state index in [4.69, 9.17) is 13.8 Å². The summed E-state index contributed by atoms with van der Waals surface area (Å²) < 4.78 is 12.2. The Labute approximate surface area is 178 Å². The highest BCUT2D eigenvalue weighted by Crippen LogP contribution is 2.56. The second-order valence-corrected chi connectivity index (χ2v) is 10.4. The van der Waals surface area contributed by atoms with Crippen molar-refractivity contribution >= 4 is 38.9 Å². The van der Waals surface area contributed by atoms with E-state index in [1.165, 1.54) is 0 Å². The minimum atomic E-state index is -0.444. The number of hydrogen-bond acceptors (Lipinski definition) is 5. The molecule has 1 saturated carbocycles. The second-order valence-electron chi connectivity index (χ2n) is 10.4. The Morgan fingerprint density at radius 3 is 2.48 bits per heavy atom. The predicted molar refractivity (Wildman–Crippen MR) is 118 cm³/mol. The van der Waals surface area contributed by atoms with Crippen LogP contribution in [0.1, 0.15) is 45.9 Å². The molecule has 2 aliphatic rings. The fraction of sp³-hybridized carbons (Fsp3) is 0.400. The Morgan fingerprint density at radius 2 is 1.65 bits per heavy atom. The van der Waals surface area contributed by atoms with Crippen molar-refractivity contribution < 1.29 is 13.6 Å². The fourth-order valence-corrected chi connectivity index (χ4v) is 6.36. The number of para-hydroxylation sites is 1.